The number of rotatable bonds is 6. The Morgan fingerprint density at radius 3 is 1.42 bits per heavy atom. The van der Waals surface area contributed by atoms with Crippen LogP contribution in [-0.4, -0.2) is 21.8 Å². The second kappa shape index (κ2) is 7.57. The third kappa shape index (κ3) is 3.75. The molecular weight excluding hydrogens is 328 g/mol. The Kier molecular flexibility index (Phi) is 5.03. The van der Waals surface area contributed by atoms with Gasteiger partial charge in [0, 0.05) is 47.8 Å². The van der Waals surface area contributed by atoms with Gasteiger partial charge in [-0.25, -0.2) is 0 Å². The molecule has 0 unspecified atom stereocenters. The first-order chi connectivity index (χ1) is 12.6. The number of hydrogen-bond acceptors (Lipinski definition) is 4. The van der Waals surface area contributed by atoms with E-state index in [2.05, 4.69) is 9.97 Å². The smallest absolute Gasteiger partial charge is 0.249 e. The third-order valence-electron chi connectivity index (χ3n) is 4.13. The molecule has 130 valence electrons. The van der Waals surface area contributed by atoms with E-state index in [0.717, 1.165) is 11.4 Å². The van der Waals surface area contributed by atoms with Gasteiger partial charge in [0.05, 0.1) is 0 Å². The summed E-state index contributed by atoms with van der Waals surface area (Å²) in [5, 5.41) is 0. The van der Waals surface area contributed by atoms with E-state index in [1.807, 2.05) is 36.4 Å². The largest absolute Gasteiger partial charge is 0.366 e. The van der Waals surface area contributed by atoms with Crippen LogP contribution in [0.4, 0.5) is 0 Å². The highest BCUT2D eigenvalue weighted by molar-refractivity contribution is 5.99. The predicted octanol–water partition coefficient (Wildman–Crippen LogP) is 1.86. The van der Waals surface area contributed by atoms with Crippen LogP contribution in [0, 0.1) is 0 Å². The van der Waals surface area contributed by atoms with E-state index in [1.54, 1.807) is 24.5 Å². The summed E-state index contributed by atoms with van der Waals surface area (Å²) >= 11 is 0. The summed E-state index contributed by atoms with van der Waals surface area (Å²) < 4.78 is 0. The minimum atomic E-state index is -0.561. The van der Waals surface area contributed by atoms with Crippen LogP contribution in [0.3, 0.4) is 0 Å². The molecule has 6 heteroatoms. The number of nitrogens with zero attached hydrogens (tertiary/aromatic N) is 2. The maximum atomic E-state index is 12.0. The first-order valence-electron chi connectivity index (χ1n) is 8.10. The first kappa shape index (κ1) is 17.3. The van der Waals surface area contributed by atoms with Crippen molar-refractivity contribution < 1.29 is 9.59 Å². The van der Waals surface area contributed by atoms with E-state index in [4.69, 9.17) is 11.5 Å². The van der Waals surface area contributed by atoms with Crippen LogP contribution < -0.4 is 11.5 Å². The molecule has 2 heterocycles. The molecule has 3 aromatic rings. The predicted molar refractivity (Wildman–Crippen MR) is 97.6 cm³/mol. The quantitative estimate of drug-likeness (QED) is 0.709. The van der Waals surface area contributed by atoms with Gasteiger partial charge in [0.1, 0.15) is 0 Å². The Morgan fingerprint density at radius 2 is 1.12 bits per heavy atom. The maximum absolute atomic E-state index is 12.0. The summed E-state index contributed by atoms with van der Waals surface area (Å²) in [7, 11) is 0. The van der Waals surface area contributed by atoms with Crippen LogP contribution in [0.5, 0.6) is 0 Å². The Balaban J connectivity index is 2.17. The van der Waals surface area contributed by atoms with Gasteiger partial charge in [0.2, 0.25) is 11.8 Å². The van der Waals surface area contributed by atoms with Crippen molar-refractivity contribution >= 4 is 11.8 Å². The van der Waals surface area contributed by atoms with Crippen molar-refractivity contribution in [1.82, 2.24) is 9.97 Å². The van der Waals surface area contributed by atoms with E-state index >= 15 is 0 Å². The SMILES string of the molecule is NC(=O)c1ccc(C(N)=O)c(Cc2ccccn2)c1Cc1ccccn1. The molecule has 0 radical (unpaired) electrons. The van der Waals surface area contributed by atoms with Crippen molar-refractivity contribution in [2.45, 2.75) is 12.8 Å². The van der Waals surface area contributed by atoms with Gasteiger partial charge in [0.15, 0.2) is 0 Å². The molecule has 2 aromatic heterocycles. The second-order valence-electron chi connectivity index (χ2n) is 5.84. The fourth-order valence-corrected chi connectivity index (χ4v) is 2.93. The fraction of sp³-hybridized carbons (Fsp3) is 0.100. The lowest BCUT2D eigenvalue weighted by Gasteiger charge is -2.16. The summed E-state index contributed by atoms with van der Waals surface area (Å²) in [6.07, 6.45) is 4.08. The van der Waals surface area contributed by atoms with Gasteiger partial charge in [0.25, 0.3) is 0 Å². The average molecular weight is 346 g/mol. The van der Waals surface area contributed by atoms with Gasteiger partial charge in [-0.1, -0.05) is 12.1 Å². The third-order valence-corrected chi connectivity index (χ3v) is 4.13. The molecule has 0 bridgehead atoms. The highest BCUT2D eigenvalue weighted by Crippen LogP contribution is 2.24. The molecule has 3 rings (SSSR count). The molecule has 0 saturated heterocycles. The van der Waals surface area contributed by atoms with Crippen LogP contribution in [0.2, 0.25) is 0 Å². The lowest BCUT2D eigenvalue weighted by molar-refractivity contribution is 0.0987. The zero-order chi connectivity index (χ0) is 18.5. The second-order valence-corrected chi connectivity index (χ2v) is 5.84. The molecule has 0 aliphatic rings. The topological polar surface area (TPSA) is 112 Å². The molecule has 2 amide bonds. The summed E-state index contributed by atoms with van der Waals surface area (Å²) in [5.41, 5.74) is 14.7. The number of carbonyl (C=O) groups is 2. The Labute approximate surface area is 150 Å². The van der Waals surface area contributed by atoms with E-state index in [0.29, 0.717) is 35.1 Å². The Hall–Kier alpha value is -3.54. The normalized spacial score (nSPS) is 10.5. The molecule has 4 N–H and O–H groups in total. The van der Waals surface area contributed by atoms with E-state index in [9.17, 15) is 9.59 Å². The first-order valence-corrected chi connectivity index (χ1v) is 8.10. The van der Waals surface area contributed by atoms with Crippen molar-refractivity contribution in [2.75, 3.05) is 0 Å². The molecule has 0 aliphatic heterocycles. The van der Waals surface area contributed by atoms with Gasteiger partial charge in [-0.2, -0.15) is 0 Å². The van der Waals surface area contributed by atoms with Crippen molar-refractivity contribution in [2.24, 2.45) is 11.5 Å². The van der Waals surface area contributed by atoms with E-state index in [1.165, 1.54) is 0 Å². The number of aromatic nitrogens is 2. The molecule has 0 spiro atoms. The fourth-order valence-electron chi connectivity index (χ4n) is 2.93. The summed E-state index contributed by atoms with van der Waals surface area (Å²) in [6, 6.07) is 14.1. The van der Waals surface area contributed by atoms with Crippen LogP contribution >= 0.6 is 0 Å². The highest BCUT2D eigenvalue weighted by atomic mass is 16.1. The number of hydrogen-bond donors (Lipinski definition) is 2. The molecule has 0 fully saturated rings. The number of pyridine rings is 2. The van der Waals surface area contributed by atoms with Gasteiger partial charge < -0.3 is 11.5 Å². The van der Waals surface area contributed by atoms with Crippen LogP contribution in [-0.2, 0) is 12.8 Å². The zero-order valence-electron chi connectivity index (χ0n) is 14.1. The summed E-state index contributed by atoms with van der Waals surface area (Å²) in [6.45, 7) is 0. The standard InChI is InChI=1S/C20H18N4O2/c21-19(25)15-7-8-16(20(22)26)18(12-14-6-2-4-10-24-14)17(15)11-13-5-1-3-9-23-13/h1-10H,11-12H2,(H2,21,25)(H2,22,26). The Bertz CT molecular complexity index is 862. The minimum absolute atomic E-state index is 0.353. The molecular formula is C20H18N4O2. The van der Waals surface area contributed by atoms with Gasteiger partial charge >= 0.3 is 0 Å². The van der Waals surface area contributed by atoms with Crippen molar-refractivity contribution in [3.8, 4) is 0 Å². The van der Waals surface area contributed by atoms with Gasteiger partial charge in [-0.3, -0.25) is 19.6 Å². The number of primary amides is 2. The zero-order valence-corrected chi connectivity index (χ0v) is 14.1. The lowest BCUT2D eigenvalue weighted by atomic mass is 9.89. The summed E-state index contributed by atoms with van der Waals surface area (Å²) in [5.74, 6) is -1.12. The molecule has 0 atom stereocenters. The Morgan fingerprint density at radius 1 is 0.692 bits per heavy atom. The average Bonchev–Trinajstić information content (AvgIpc) is 2.64. The van der Waals surface area contributed by atoms with Crippen molar-refractivity contribution in [1.29, 1.82) is 0 Å². The summed E-state index contributed by atoms with van der Waals surface area (Å²) in [4.78, 5) is 32.6. The molecule has 6 nitrogen and oxygen atoms in total. The van der Waals surface area contributed by atoms with Crippen molar-refractivity contribution in [3.05, 3.63) is 94.6 Å². The lowest BCUT2D eigenvalue weighted by Crippen LogP contribution is -2.21. The van der Waals surface area contributed by atoms with Crippen LogP contribution in [0.25, 0.3) is 0 Å². The molecule has 0 saturated carbocycles. The molecule has 1 aromatic carbocycles. The van der Waals surface area contributed by atoms with Gasteiger partial charge in [-0.05, 0) is 47.5 Å². The monoisotopic (exact) mass is 346 g/mol. The number of carbonyl (C=O) groups excluding carboxylic acids is 2. The van der Waals surface area contributed by atoms with Crippen LogP contribution in [0.1, 0.15) is 43.2 Å². The molecule has 0 aliphatic carbocycles. The van der Waals surface area contributed by atoms with Gasteiger partial charge in [-0.15, -0.1) is 0 Å². The highest BCUT2D eigenvalue weighted by Gasteiger charge is 2.20. The number of nitrogens with two attached hydrogens (primary N) is 2. The number of benzene rings is 1. The maximum Gasteiger partial charge on any atom is 0.249 e. The van der Waals surface area contributed by atoms with Crippen LogP contribution in [0.15, 0.2) is 60.9 Å². The van der Waals surface area contributed by atoms with E-state index < -0.39 is 11.8 Å². The molecule has 26 heavy (non-hydrogen) atoms. The minimum Gasteiger partial charge on any atom is -0.366 e. The van der Waals surface area contributed by atoms with Crippen molar-refractivity contribution in [3.63, 3.8) is 0 Å². The van der Waals surface area contributed by atoms with E-state index in [-0.39, 0.29) is 0 Å². The number of amides is 2.